The van der Waals surface area contributed by atoms with Gasteiger partial charge in [0.1, 0.15) is 0 Å². The van der Waals surface area contributed by atoms with E-state index in [-0.39, 0.29) is 0 Å². The molecule has 0 aromatic rings. The largest absolute Gasteiger partial charge is 0.380 e. The zero-order chi connectivity index (χ0) is 13.9. The van der Waals surface area contributed by atoms with Gasteiger partial charge in [-0.3, -0.25) is 0 Å². The molecule has 3 heteroatoms. The first-order chi connectivity index (χ1) is 9.22. The third-order valence-corrected chi connectivity index (χ3v) is 3.85. The minimum atomic E-state index is 0.754. The van der Waals surface area contributed by atoms with Crippen LogP contribution in [-0.2, 0) is 4.74 Å². The second kappa shape index (κ2) is 10.6. The highest BCUT2D eigenvalue weighted by Crippen LogP contribution is 2.15. The summed E-state index contributed by atoms with van der Waals surface area (Å²) < 4.78 is 5.72. The van der Waals surface area contributed by atoms with Crippen molar-refractivity contribution >= 4 is 0 Å². The number of nitrogens with zero attached hydrogens (tertiary/aromatic N) is 1. The van der Waals surface area contributed by atoms with Gasteiger partial charge in [-0.25, -0.2) is 0 Å². The summed E-state index contributed by atoms with van der Waals surface area (Å²) in [6.07, 6.45) is 5.16. The smallest absolute Gasteiger partial charge is 0.0593 e. The Labute approximate surface area is 120 Å². The van der Waals surface area contributed by atoms with Crippen LogP contribution in [0.2, 0.25) is 0 Å². The van der Waals surface area contributed by atoms with E-state index in [1.807, 2.05) is 0 Å². The molecule has 1 heterocycles. The Hall–Kier alpha value is -0.120. The summed E-state index contributed by atoms with van der Waals surface area (Å²) >= 11 is 0. The van der Waals surface area contributed by atoms with E-state index < -0.39 is 0 Å². The molecule has 19 heavy (non-hydrogen) atoms. The van der Waals surface area contributed by atoms with E-state index in [9.17, 15) is 0 Å². The summed E-state index contributed by atoms with van der Waals surface area (Å²) in [4.78, 5) is 2.58. The summed E-state index contributed by atoms with van der Waals surface area (Å²) in [5.41, 5.74) is 0. The highest BCUT2D eigenvalue weighted by molar-refractivity contribution is 4.74. The maximum absolute atomic E-state index is 5.72. The van der Waals surface area contributed by atoms with Crippen molar-refractivity contribution < 1.29 is 4.74 Å². The first-order valence-corrected chi connectivity index (χ1v) is 8.23. The average molecular weight is 270 g/mol. The van der Waals surface area contributed by atoms with Crippen molar-refractivity contribution in [3.8, 4) is 0 Å². The molecule has 1 rings (SSSR count). The van der Waals surface area contributed by atoms with Crippen molar-refractivity contribution in [3.63, 3.8) is 0 Å². The molecule has 1 N–H and O–H groups in total. The van der Waals surface area contributed by atoms with Crippen molar-refractivity contribution in [2.75, 3.05) is 45.9 Å². The standard InChI is InChI=1S/C16H34N2O/c1-4-8-17-13-16-6-5-9-18(14-16)10-12-19-11-7-15(2)3/h15-17H,4-14H2,1-3H3. The van der Waals surface area contributed by atoms with E-state index in [1.54, 1.807) is 0 Å². The molecule has 0 aromatic carbocycles. The van der Waals surface area contributed by atoms with Gasteiger partial charge in [0, 0.05) is 19.7 Å². The van der Waals surface area contributed by atoms with Gasteiger partial charge in [-0.15, -0.1) is 0 Å². The van der Waals surface area contributed by atoms with Gasteiger partial charge in [0.2, 0.25) is 0 Å². The number of piperidine rings is 1. The molecule has 0 amide bonds. The van der Waals surface area contributed by atoms with Crippen molar-refractivity contribution in [3.05, 3.63) is 0 Å². The number of ether oxygens (including phenoxy) is 1. The Balaban J connectivity index is 2.03. The predicted molar refractivity (Wildman–Crippen MR) is 82.6 cm³/mol. The van der Waals surface area contributed by atoms with E-state index in [0.29, 0.717) is 0 Å². The lowest BCUT2D eigenvalue weighted by Gasteiger charge is -2.32. The number of rotatable bonds is 10. The Morgan fingerprint density at radius 2 is 2.16 bits per heavy atom. The summed E-state index contributed by atoms with van der Waals surface area (Å²) in [5, 5.41) is 3.56. The predicted octanol–water partition coefficient (Wildman–Crippen LogP) is 2.76. The molecule has 0 radical (unpaired) electrons. The van der Waals surface area contributed by atoms with Gasteiger partial charge in [0.15, 0.2) is 0 Å². The Kier molecular flexibility index (Phi) is 9.48. The fraction of sp³-hybridized carbons (Fsp3) is 1.00. The monoisotopic (exact) mass is 270 g/mol. The molecule has 1 saturated heterocycles. The van der Waals surface area contributed by atoms with Crippen molar-refractivity contribution in [1.29, 1.82) is 0 Å². The lowest BCUT2D eigenvalue weighted by molar-refractivity contribution is 0.0793. The molecule has 0 aromatic heterocycles. The normalized spacial score (nSPS) is 21.2. The maximum atomic E-state index is 5.72. The molecule has 0 bridgehead atoms. The van der Waals surface area contributed by atoms with Gasteiger partial charge < -0.3 is 15.0 Å². The number of hydrogen-bond acceptors (Lipinski definition) is 3. The van der Waals surface area contributed by atoms with E-state index in [0.717, 1.165) is 38.1 Å². The first kappa shape index (κ1) is 16.9. The highest BCUT2D eigenvalue weighted by atomic mass is 16.5. The molecule has 1 aliphatic heterocycles. The summed E-state index contributed by atoms with van der Waals surface area (Å²) in [5.74, 6) is 1.60. The average Bonchev–Trinajstić information content (AvgIpc) is 2.39. The molecule has 1 aliphatic rings. The Morgan fingerprint density at radius 1 is 1.32 bits per heavy atom. The van der Waals surface area contributed by atoms with E-state index >= 15 is 0 Å². The fourth-order valence-electron chi connectivity index (χ4n) is 2.62. The minimum Gasteiger partial charge on any atom is -0.380 e. The summed E-state index contributed by atoms with van der Waals surface area (Å²) in [7, 11) is 0. The summed E-state index contributed by atoms with van der Waals surface area (Å²) in [6, 6.07) is 0. The molecule has 0 spiro atoms. The van der Waals surface area contributed by atoms with Gasteiger partial charge in [-0.2, -0.15) is 0 Å². The Morgan fingerprint density at radius 3 is 2.89 bits per heavy atom. The van der Waals surface area contributed by atoms with E-state index in [4.69, 9.17) is 4.74 Å². The van der Waals surface area contributed by atoms with Gasteiger partial charge in [0.25, 0.3) is 0 Å². The van der Waals surface area contributed by atoms with Crippen LogP contribution in [0.15, 0.2) is 0 Å². The van der Waals surface area contributed by atoms with Crippen molar-refractivity contribution in [2.45, 2.75) is 46.5 Å². The minimum absolute atomic E-state index is 0.754. The molecule has 114 valence electrons. The van der Waals surface area contributed by atoms with Crippen LogP contribution in [0.1, 0.15) is 46.5 Å². The molecule has 0 aliphatic carbocycles. The van der Waals surface area contributed by atoms with Crippen molar-refractivity contribution in [1.82, 2.24) is 10.2 Å². The van der Waals surface area contributed by atoms with Crippen LogP contribution in [0.3, 0.4) is 0 Å². The Bertz CT molecular complexity index is 209. The molecule has 1 unspecified atom stereocenters. The molecule has 0 saturated carbocycles. The number of likely N-dealkylation sites (tertiary alicyclic amines) is 1. The zero-order valence-corrected chi connectivity index (χ0v) is 13.3. The third-order valence-electron chi connectivity index (χ3n) is 3.85. The SMILES string of the molecule is CCCNCC1CCCN(CCOCCC(C)C)C1. The van der Waals surface area contributed by atoms with Crippen LogP contribution in [0.25, 0.3) is 0 Å². The molecule has 3 nitrogen and oxygen atoms in total. The van der Waals surface area contributed by atoms with Gasteiger partial charge >= 0.3 is 0 Å². The quantitative estimate of drug-likeness (QED) is 0.618. The number of nitrogens with one attached hydrogen (secondary N) is 1. The topological polar surface area (TPSA) is 24.5 Å². The van der Waals surface area contributed by atoms with Gasteiger partial charge in [-0.1, -0.05) is 20.8 Å². The van der Waals surface area contributed by atoms with Crippen LogP contribution >= 0.6 is 0 Å². The van der Waals surface area contributed by atoms with Gasteiger partial charge in [0.05, 0.1) is 6.61 Å². The lowest BCUT2D eigenvalue weighted by atomic mass is 9.98. The van der Waals surface area contributed by atoms with E-state index in [2.05, 4.69) is 31.0 Å². The van der Waals surface area contributed by atoms with Crippen LogP contribution in [0.4, 0.5) is 0 Å². The molecular formula is C16H34N2O. The molecule has 1 fully saturated rings. The van der Waals surface area contributed by atoms with Crippen LogP contribution in [-0.4, -0.2) is 50.8 Å². The second-order valence-electron chi connectivity index (χ2n) is 6.31. The third kappa shape index (κ3) is 8.61. The molecule has 1 atom stereocenters. The van der Waals surface area contributed by atoms with Gasteiger partial charge in [-0.05, 0) is 57.2 Å². The fourth-order valence-corrected chi connectivity index (χ4v) is 2.62. The van der Waals surface area contributed by atoms with Crippen LogP contribution in [0.5, 0.6) is 0 Å². The first-order valence-electron chi connectivity index (χ1n) is 8.23. The second-order valence-corrected chi connectivity index (χ2v) is 6.31. The molecular weight excluding hydrogens is 236 g/mol. The van der Waals surface area contributed by atoms with Crippen LogP contribution < -0.4 is 5.32 Å². The number of hydrogen-bond donors (Lipinski definition) is 1. The van der Waals surface area contributed by atoms with Crippen molar-refractivity contribution in [2.24, 2.45) is 11.8 Å². The highest BCUT2D eigenvalue weighted by Gasteiger charge is 2.18. The van der Waals surface area contributed by atoms with E-state index in [1.165, 1.54) is 45.3 Å². The summed E-state index contributed by atoms with van der Waals surface area (Å²) in [6.45, 7) is 14.5. The maximum Gasteiger partial charge on any atom is 0.0593 e. The zero-order valence-electron chi connectivity index (χ0n) is 13.3. The lowest BCUT2D eigenvalue weighted by Crippen LogP contribution is -2.41. The van der Waals surface area contributed by atoms with Crippen LogP contribution in [0, 0.1) is 11.8 Å².